The number of carboxylic acids is 1. The van der Waals surface area contributed by atoms with Gasteiger partial charge in [0.15, 0.2) is 5.17 Å². The van der Waals surface area contributed by atoms with Crippen molar-refractivity contribution in [3.05, 3.63) is 72.8 Å². The summed E-state index contributed by atoms with van der Waals surface area (Å²) in [5, 5.41) is 11.6. The number of amidine groups is 1. The predicted octanol–water partition coefficient (Wildman–Crippen LogP) is 3.53. The highest BCUT2D eigenvalue weighted by atomic mass is 32.2. The molecule has 1 atom stereocenters. The van der Waals surface area contributed by atoms with E-state index in [1.165, 1.54) is 28.8 Å². The van der Waals surface area contributed by atoms with Gasteiger partial charge in [0.25, 0.3) is 0 Å². The standard InChI is InChI=1S/C21H19N3O4S/c1-2-12-24-19(26)17(13-18(25)22-15-6-4-3-5-7-15)29-21(24)23-16-10-8-14(9-11-16)20(27)28/h2-11,17H,1,12-13H2,(H,22,25)(H,27,28). The summed E-state index contributed by atoms with van der Waals surface area (Å²) in [7, 11) is 0. The first-order valence-corrected chi connectivity index (χ1v) is 9.72. The summed E-state index contributed by atoms with van der Waals surface area (Å²) >= 11 is 1.21. The van der Waals surface area contributed by atoms with Crippen LogP contribution in [-0.4, -0.2) is 44.8 Å². The Morgan fingerprint density at radius 3 is 2.48 bits per heavy atom. The predicted molar refractivity (Wildman–Crippen MR) is 113 cm³/mol. The molecule has 0 bridgehead atoms. The second-order valence-electron chi connectivity index (χ2n) is 6.21. The normalized spacial score (nSPS) is 17.4. The Kier molecular flexibility index (Phi) is 6.46. The molecule has 1 aliphatic rings. The Labute approximate surface area is 172 Å². The smallest absolute Gasteiger partial charge is 0.335 e. The number of carboxylic acid groups (broad SMARTS) is 1. The van der Waals surface area contributed by atoms with E-state index >= 15 is 0 Å². The van der Waals surface area contributed by atoms with Crippen LogP contribution < -0.4 is 5.32 Å². The molecule has 2 aromatic rings. The van der Waals surface area contributed by atoms with Gasteiger partial charge in [-0.25, -0.2) is 9.79 Å². The van der Waals surface area contributed by atoms with E-state index in [4.69, 9.17) is 5.11 Å². The highest BCUT2D eigenvalue weighted by Crippen LogP contribution is 2.32. The van der Waals surface area contributed by atoms with Gasteiger partial charge in [-0.3, -0.25) is 14.5 Å². The van der Waals surface area contributed by atoms with Crippen LogP contribution in [0.1, 0.15) is 16.8 Å². The minimum absolute atomic E-state index is 0.0169. The highest BCUT2D eigenvalue weighted by molar-refractivity contribution is 8.15. The number of benzene rings is 2. The van der Waals surface area contributed by atoms with Gasteiger partial charge in [-0.15, -0.1) is 6.58 Å². The number of aromatic carboxylic acids is 1. The zero-order chi connectivity index (χ0) is 20.8. The van der Waals surface area contributed by atoms with Crippen molar-refractivity contribution in [2.75, 3.05) is 11.9 Å². The zero-order valence-electron chi connectivity index (χ0n) is 15.4. The molecule has 0 spiro atoms. The lowest BCUT2D eigenvalue weighted by molar-refractivity contribution is -0.127. The van der Waals surface area contributed by atoms with Crippen LogP contribution in [0.3, 0.4) is 0 Å². The third-order valence-electron chi connectivity index (χ3n) is 4.10. The van der Waals surface area contributed by atoms with Crippen molar-refractivity contribution in [3.63, 3.8) is 0 Å². The summed E-state index contributed by atoms with van der Waals surface area (Å²) < 4.78 is 0. The molecule has 0 radical (unpaired) electrons. The monoisotopic (exact) mass is 409 g/mol. The molecule has 0 saturated carbocycles. The van der Waals surface area contributed by atoms with Crippen LogP contribution in [0.25, 0.3) is 0 Å². The molecule has 1 fully saturated rings. The first-order chi connectivity index (χ1) is 14.0. The molecule has 3 rings (SSSR count). The maximum absolute atomic E-state index is 12.7. The van der Waals surface area contributed by atoms with Crippen LogP contribution in [0.15, 0.2) is 72.2 Å². The number of carbonyl (C=O) groups is 3. The van der Waals surface area contributed by atoms with Gasteiger partial charge < -0.3 is 10.4 Å². The van der Waals surface area contributed by atoms with E-state index in [-0.39, 0.29) is 30.3 Å². The van der Waals surface area contributed by atoms with Crippen LogP contribution in [-0.2, 0) is 9.59 Å². The van der Waals surface area contributed by atoms with Crippen LogP contribution >= 0.6 is 11.8 Å². The second kappa shape index (κ2) is 9.20. The van der Waals surface area contributed by atoms with E-state index in [1.807, 2.05) is 18.2 Å². The van der Waals surface area contributed by atoms with E-state index < -0.39 is 11.2 Å². The second-order valence-corrected chi connectivity index (χ2v) is 7.38. The van der Waals surface area contributed by atoms with E-state index in [0.717, 1.165) is 0 Å². The van der Waals surface area contributed by atoms with Crippen molar-refractivity contribution in [1.82, 2.24) is 4.90 Å². The number of amides is 2. The van der Waals surface area contributed by atoms with Gasteiger partial charge in [0.1, 0.15) is 5.25 Å². The Morgan fingerprint density at radius 1 is 1.17 bits per heavy atom. The summed E-state index contributed by atoms with van der Waals surface area (Å²) in [5.41, 5.74) is 1.35. The number of nitrogens with zero attached hydrogens (tertiary/aromatic N) is 2. The number of para-hydroxylation sites is 1. The molecule has 1 unspecified atom stereocenters. The van der Waals surface area contributed by atoms with Crippen LogP contribution in [0.2, 0.25) is 0 Å². The Bertz CT molecular complexity index is 958. The van der Waals surface area contributed by atoms with Crippen molar-refractivity contribution in [3.8, 4) is 0 Å². The van der Waals surface area contributed by atoms with Gasteiger partial charge in [-0.1, -0.05) is 36.0 Å². The Balaban J connectivity index is 1.74. The molecule has 1 heterocycles. The van der Waals surface area contributed by atoms with Gasteiger partial charge in [0, 0.05) is 18.7 Å². The number of hydrogen-bond donors (Lipinski definition) is 2. The molecule has 8 heteroatoms. The largest absolute Gasteiger partial charge is 0.478 e. The molecule has 0 aliphatic carbocycles. The zero-order valence-corrected chi connectivity index (χ0v) is 16.3. The van der Waals surface area contributed by atoms with Crippen molar-refractivity contribution in [2.45, 2.75) is 11.7 Å². The maximum Gasteiger partial charge on any atom is 0.335 e. The first kappa shape index (κ1) is 20.3. The van der Waals surface area contributed by atoms with Crippen molar-refractivity contribution < 1.29 is 19.5 Å². The van der Waals surface area contributed by atoms with Crippen molar-refractivity contribution >= 4 is 46.1 Å². The van der Waals surface area contributed by atoms with Crippen molar-refractivity contribution in [2.24, 2.45) is 4.99 Å². The van der Waals surface area contributed by atoms with Gasteiger partial charge in [-0.2, -0.15) is 0 Å². The molecule has 0 aromatic heterocycles. The fourth-order valence-electron chi connectivity index (χ4n) is 2.71. The minimum atomic E-state index is -1.02. The van der Waals surface area contributed by atoms with E-state index in [0.29, 0.717) is 16.5 Å². The topological polar surface area (TPSA) is 99.1 Å². The number of hydrogen-bond acceptors (Lipinski definition) is 5. The first-order valence-electron chi connectivity index (χ1n) is 8.84. The summed E-state index contributed by atoms with van der Waals surface area (Å²) in [5.74, 6) is -1.49. The van der Waals surface area contributed by atoms with Gasteiger partial charge in [0.2, 0.25) is 11.8 Å². The Morgan fingerprint density at radius 2 is 1.86 bits per heavy atom. The summed E-state index contributed by atoms with van der Waals surface area (Å²) in [4.78, 5) is 42.0. The quantitative estimate of drug-likeness (QED) is 0.682. The number of carbonyl (C=O) groups excluding carboxylic acids is 2. The molecule has 1 aliphatic heterocycles. The number of nitrogens with one attached hydrogen (secondary N) is 1. The van der Waals surface area contributed by atoms with Crippen molar-refractivity contribution in [1.29, 1.82) is 0 Å². The minimum Gasteiger partial charge on any atom is -0.478 e. The number of rotatable bonds is 7. The molecular weight excluding hydrogens is 390 g/mol. The number of thioether (sulfide) groups is 1. The van der Waals surface area contributed by atoms with E-state index in [9.17, 15) is 14.4 Å². The fraction of sp³-hybridized carbons (Fsp3) is 0.143. The molecule has 29 heavy (non-hydrogen) atoms. The van der Waals surface area contributed by atoms with Gasteiger partial charge in [0.05, 0.1) is 11.3 Å². The maximum atomic E-state index is 12.7. The van der Waals surface area contributed by atoms with Crippen LogP contribution in [0, 0.1) is 0 Å². The molecule has 1 saturated heterocycles. The average Bonchev–Trinajstić information content (AvgIpc) is 2.98. The highest BCUT2D eigenvalue weighted by Gasteiger charge is 2.38. The van der Waals surface area contributed by atoms with Crippen LogP contribution in [0.5, 0.6) is 0 Å². The van der Waals surface area contributed by atoms with E-state index in [1.54, 1.807) is 30.3 Å². The SMILES string of the molecule is C=CCN1C(=O)C(CC(=O)Nc2ccccc2)SC1=Nc1ccc(C(=O)O)cc1. The number of aliphatic imine (C=N–C) groups is 1. The van der Waals surface area contributed by atoms with Gasteiger partial charge >= 0.3 is 5.97 Å². The van der Waals surface area contributed by atoms with Gasteiger partial charge in [-0.05, 0) is 36.4 Å². The van der Waals surface area contributed by atoms with E-state index in [2.05, 4.69) is 16.9 Å². The lowest BCUT2D eigenvalue weighted by Gasteiger charge is -2.13. The lowest BCUT2D eigenvalue weighted by Crippen LogP contribution is -2.33. The summed E-state index contributed by atoms with van der Waals surface area (Å²) in [6.07, 6.45) is 1.61. The number of anilines is 1. The molecule has 2 amide bonds. The molecule has 148 valence electrons. The summed E-state index contributed by atoms with van der Waals surface area (Å²) in [6.45, 7) is 3.94. The summed E-state index contributed by atoms with van der Waals surface area (Å²) in [6, 6.07) is 15.1. The van der Waals surface area contributed by atoms with Crippen LogP contribution in [0.4, 0.5) is 11.4 Å². The third kappa shape index (κ3) is 5.11. The molecular formula is C21H19N3O4S. The Hall–Kier alpha value is -3.39. The molecule has 2 N–H and O–H groups in total. The molecule has 7 nitrogen and oxygen atoms in total. The third-order valence-corrected chi connectivity index (χ3v) is 5.27. The molecule has 2 aromatic carbocycles. The fourth-order valence-corrected chi connectivity index (χ4v) is 3.88. The lowest BCUT2D eigenvalue weighted by atomic mass is 10.2. The average molecular weight is 409 g/mol.